The average molecular weight is 284 g/mol. The Hall–Kier alpha value is -1.97. The highest BCUT2D eigenvalue weighted by atomic mass is 16.1. The summed E-state index contributed by atoms with van der Waals surface area (Å²) in [5.74, 6) is 0.756. The summed E-state index contributed by atoms with van der Waals surface area (Å²) in [4.78, 5) is 29.3. The number of Topliss-reactive ketones (excluding diaryl/α,β-unsaturated/α-hetero) is 1. The van der Waals surface area contributed by atoms with Crippen LogP contribution < -0.4 is 5.56 Å². The molecule has 1 aliphatic rings. The largest absolute Gasteiger partial charge is 0.299 e. The van der Waals surface area contributed by atoms with Gasteiger partial charge in [0, 0.05) is 18.0 Å². The number of hydrogen-bond acceptors (Lipinski definition) is 3. The van der Waals surface area contributed by atoms with Gasteiger partial charge in [0.15, 0.2) is 5.78 Å². The Morgan fingerprint density at radius 3 is 2.52 bits per heavy atom. The SMILES string of the molecule is CC(=O)c1cc(C)cc2c(=O)n(C)c(C3(C)CCC3)nc12. The van der Waals surface area contributed by atoms with Crippen molar-refractivity contribution in [2.45, 2.75) is 45.4 Å². The molecule has 4 nitrogen and oxygen atoms in total. The molecule has 1 aliphatic carbocycles. The molecule has 1 aromatic heterocycles. The Morgan fingerprint density at radius 1 is 1.33 bits per heavy atom. The van der Waals surface area contributed by atoms with E-state index in [9.17, 15) is 9.59 Å². The van der Waals surface area contributed by atoms with Crippen LogP contribution >= 0.6 is 0 Å². The second-order valence-electron chi connectivity index (χ2n) is 6.48. The van der Waals surface area contributed by atoms with Crippen molar-refractivity contribution in [3.63, 3.8) is 0 Å². The van der Waals surface area contributed by atoms with Gasteiger partial charge in [-0.15, -0.1) is 0 Å². The number of carbonyl (C=O) groups excluding carboxylic acids is 1. The molecule has 3 rings (SSSR count). The lowest BCUT2D eigenvalue weighted by atomic mass is 9.69. The molecular weight excluding hydrogens is 264 g/mol. The highest BCUT2D eigenvalue weighted by molar-refractivity contribution is 6.05. The quantitative estimate of drug-likeness (QED) is 0.797. The van der Waals surface area contributed by atoms with Gasteiger partial charge in [-0.3, -0.25) is 14.2 Å². The van der Waals surface area contributed by atoms with Gasteiger partial charge in [0.2, 0.25) is 0 Å². The molecule has 0 saturated heterocycles. The summed E-state index contributed by atoms with van der Waals surface area (Å²) in [5, 5.41) is 0.536. The summed E-state index contributed by atoms with van der Waals surface area (Å²) in [5.41, 5.74) is 1.91. The summed E-state index contributed by atoms with van der Waals surface area (Å²) in [6, 6.07) is 3.65. The molecule has 1 fully saturated rings. The summed E-state index contributed by atoms with van der Waals surface area (Å²) < 4.78 is 1.66. The number of nitrogens with zero attached hydrogens (tertiary/aromatic N) is 2. The van der Waals surface area contributed by atoms with E-state index in [2.05, 4.69) is 6.92 Å². The van der Waals surface area contributed by atoms with Crippen LogP contribution in [0.2, 0.25) is 0 Å². The third-order valence-corrected chi connectivity index (χ3v) is 4.70. The first-order valence-corrected chi connectivity index (χ1v) is 7.36. The molecule has 1 saturated carbocycles. The standard InChI is InChI=1S/C17H20N2O2/c1-10-8-12(11(2)20)14-13(9-10)15(21)19(4)16(18-14)17(3)6-5-7-17/h8-9H,5-7H2,1-4H3. The molecule has 1 aromatic carbocycles. The molecule has 0 radical (unpaired) electrons. The van der Waals surface area contributed by atoms with Crippen molar-refractivity contribution in [2.75, 3.05) is 0 Å². The van der Waals surface area contributed by atoms with E-state index in [0.717, 1.165) is 30.7 Å². The summed E-state index contributed by atoms with van der Waals surface area (Å²) in [7, 11) is 1.78. The van der Waals surface area contributed by atoms with E-state index in [4.69, 9.17) is 4.98 Å². The van der Waals surface area contributed by atoms with E-state index in [-0.39, 0.29) is 16.8 Å². The van der Waals surface area contributed by atoms with Crippen molar-refractivity contribution in [3.05, 3.63) is 39.4 Å². The molecule has 21 heavy (non-hydrogen) atoms. The van der Waals surface area contributed by atoms with Crippen LogP contribution in [0.25, 0.3) is 10.9 Å². The van der Waals surface area contributed by atoms with E-state index in [0.29, 0.717) is 16.5 Å². The Kier molecular flexibility index (Phi) is 3.01. The van der Waals surface area contributed by atoms with E-state index in [1.165, 1.54) is 6.92 Å². The molecule has 0 unspecified atom stereocenters. The average Bonchev–Trinajstić information content (AvgIpc) is 2.39. The van der Waals surface area contributed by atoms with Crippen molar-refractivity contribution in [2.24, 2.45) is 7.05 Å². The fourth-order valence-electron chi connectivity index (χ4n) is 3.26. The lowest BCUT2D eigenvalue weighted by Crippen LogP contribution is -2.38. The topological polar surface area (TPSA) is 52.0 Å². The molecular formula is C17H20N2O2. The first-order chi connectivity index (χ1) is 9.83. The van der Waals surface area contributed by atoms with Crippen molar-refractivity contribution in [1.82, 2.24) is 9.55 Å². The number of aromatic nitrogens is 2. The maximum Gasteiger partial charge on any atom is 0.261 e. The molecule has 1 heterocycles. The predicted molar refractivity (Wildman–Crippen MR) is 82.9 cm³/mol. The maximum absolute atomic E-state index is 12.7. The van der Waals surface area contributed by atoms with Crippen LogP contribution in [0.3, 0.4) is 0 Å². The van der Waals surface area contributed by atoms with Crippen LogP contribution in [0.5, 0.6) is 0 Å². The van der Waals surface area contributed by atoms with Gasteiger partial charge in [0.05, 0.1) is 10.9 Å². The number of rotatable bonds is 2. The van der Waals surface area contributed by atoms with E-state index >= 15 is 0 Å². The monoisotopic (exact) mass is 284 g/mol. The lowest BCUT2D eigenvalue weighted by Gasteiger charge is -2.38. The molecule has 0 spiro atoms. The second-order valence-corrected chi connectivity index (χ2v) is 6.48. The summed E-state index contributed by atoms with van der Waals surface area (Å²) >= 11 is 0. The Morgan fingerprint density at radius 2 is 2.00 bits per heavy atom. The van der Waals surface area contributed by atoms with Crippen LogP contribution in [-0.2, 0) is 12.5 Å². The van der Waals surface area contributed by atoms with Crippen molar-refractivity contribution in [1.29, 1.82) is 0 Å². The zero-order valence-electron chi connectivity index (χ0n) is 13.0. The minimum absolute atomic E-state index is 0.0406. The zero-order valence-corrected chi connectivity index (χ0v) is 13.0. The van der Waals surface area contributed by atoms with E-state index in [1.807, 2.05) is 19.1 Å². The molecule has 110 valence electrons. The number of hydrogen-bond donors (Lipinski definition) is 0. The first-order valence-electron chi connectivity index (χ1n) is 7.36. The minimum Gasteiger partial charge on any atom is -0.299 e. The van der Waals surface area contributed by atoms with Gasteiger partial charge >= 0.3 is 0 Å². The van der Waals surface area contributed by atoms with Gasteiger partial charge in [-0.2, -0.15) is 0 Å². The van der Waals surface area contributed by atoms with Gasteiger partial charge in [0.25, 0.3) is 5.56 Å². The highest BCUT2D eigenvalue weighted by Gasteiger charge is 2.37. The van der Waals surface area contributed by atoms with E-state index < -0.39 is 0 Å². The maximum atomic E-state index is 12.7. The minimum atomic E-state index is -0.0608. The van der Waals surface area contributed by atoms with Crippen LogP contribution in [0.15, 0.2) is 16.9 Å². The first kappa shape index (κ1) is 14.0. The normalized spacial score (nSPS) is 16.8. The third kappa shape index (κ3) is 2.01. The number of carbonyl (C=O) groups is 1. The van der Waals surface area contributed by atoms with Crippen LogP contribution in [0.4, 0.5) is 0 Å². The van der Waals surface area contributed by atoms with Gasteiger partial charge in [0.1, 0.15) is 5.82 Å². The van der Waals surface area contributed by atoms with Crippen molar-refractivity contribution < 1.29 is 4.79 Å². The van der Waals surface area contributed by atoms with Gasteiger partial charge in [-0.05, 0) is 44.4 Å². The summed E-state index contributed by atoms with van der Waals surface area (Å²) in [6.45, 7) is 5.57. The van der Waals surface area contributed by atoms with Crippen molar-refractivity contribution >= 4 is 16.7 Å². The second kappa shape index (κ2) is 4.52. The number of ketones is 1. The lowest BCUT2D eigenvalue weighted by molar-refractivity contribution is 0.101. The Labute approximate surface area is 123 Å². The molecule has 0 atom stereocenters. The molecule has 0 bridgehead atoms. The number of benzene rings is 1. The predicted octanol–water partition coefficient (Wildman–Crippen LogP) is 2.89. The Bertz CT molecular complexity index is 814. The van der Waals surface area contributed by atoms with Crippen LogP contribution in [-0.4, -0.2) is 15.3 Å². The highest BCUT2D eigenvalue weighted by Crippen LogP contribution is 2.42. The number of aryl methyl sites for hydroxylation is 1. The fraction of sp³-hybridized carbons (Fsp3) is 0.471. The Balaban J connectivity index is 2.42. The molecule has 0 N–H and O–H groups in total. The molecule has 0 aliphatic heterocycles. The zero-order chi connectivity index (χ0) is 15.4. The van der Waals surface area contributed by atoms with Crippen LogP contribution in [0.1, 0.15) is 54.9 Å². The number of fused-ring (bicyclic) bond motifs is 1. The van der Waals surface area contributed by atoms with Gasteiger partial charge in [-0.1, -0.05) is 13.3 Å². The van der Waals surface area contributed by atoms with Gasteiger partial charge in [-0.25, -0.2) is 4.98 Å². The van der Waals surface area contributed by atoms with Crippen molar-refractivity contribution in [3.8, 4) is 0 Å². The molecule has 4 heteroatoms. The molecule has 0 amide bonds. The smallest absolute Gasteiger partial charge is 0.261 e. The van der Waals surface area contributed by atoms with Gasteiger partial charge < -0.3 is 0 Å². The fourth-order valence-corrected chi connectivity index (χ4v) is 3.26. The third-order valence-electron chi connectivity index (χ3n) is 4.70. The summed E-state index contributed by atoms with van der Waals surface area (Å²) in [6.07, 6.45) is 3.25. The van der Waals surface area contributed by atoms with Crippen LogP contribution in [0, 0.1) is 6.92 Å². The molecule has 2 aromatic rings. The van der Waals surface area contributed by atoms with E-state index in [1.54, 1.807) is 11.6 Å².